The highest BCUT2D eigenvalue weighted by Gasteiger charge is 2.12. The Bertz CT molecular complexity index is 1650. The number of benzene rings is 3. The van der Waals surface area contributed by atoms with Crippen LogP contribution >= 0.6 is 11.9 Å². The molecular weight excluding hydrogens is 512 g/mol. The van der Waals surface area contributed by atoms with Crippen molar-refractivity contribution in [2.24, 2.45) is 0 Å². The number of H-pyrrole nitrogens is 2. The molecule has 2 aromatic heterocycles. The molecular formula is C29H30N6OS2. The number of rotatable bonds is 10. The van der Waals surface area contributed by atoms with Crippen molar-refractivity contribution < 1.29 is 4.21 Å². The summed E-state index contributed by atoms with van der Waals surface area (Å²) in [6.07, 6.45) is 3.66. The van der Waals surface area contributed by atoms with E-state index in [9.17, 15) is 4.21 Å². The Balaban J connectivity index is 1.39. The lowest BCUT2D eigenvalue weighted by Crippen LogP contribution is -2.22. The molecule has 2 heterocycles. The highest BCUT2D eigenvalue weighted by molar-refractivity contribution is 7.98. The van der Waals surface area contributed by atoms with E-state index in [4.69, 9.17) is 0 Å². The van der Waals surface area contributed by atoms with Crippen LogP contribution in [0.25, 0.3) is 45.3 Å². The summed E-state index contributed by atoms with van der Waals surface area (Å²) in [4.78, 5) is 17.9. The van der Waals surface area contributed by atoms with Crippen LogP contribution in [0.1, 0.15) is 13.8 Å². The van der Waals surface area contributed by atoms with Gasteiger partial charge in [-0.15, -0.1) is 0 Å². The van der Waals surface area contributed by atoms with E-state index >= 15 is 0 Å². The van der Waals surface area contributed by atoms with Gasteiger partial charge in [-0.2, -0.15) is 0 Å². The first-order valence-corrected chi connectivity index (χ1v) is 14.9. The number of hydrogen-bond acceptors (Lipinski definition) is 5. The van der Waals surface area contributed by atoms with Gasteiger partial charge in [0.1, 0.15) is 11.6 Å². The molecule has 7 nitrogen and oxygen atoms in total. The van der Waals surface area contributed by atoms with Gasteiger partial charge in [-0.3, -0.25) is 4.72 Å². The fourth-order valence-corrected chi connectivity index (χ4v) is 6.00. The average molecular weight is 543 g/mol. The molecule has 9 heteroatoms. The summed E-state index contributed by atoms with van der Waals surface area (Å²) in [5.41, 5.74) is 5.70. The predicted molar refractivity (Wildman–Crippen MR) is 159 cm³/mol. The minimum Gasteiger partial charge on any atom is -0.338 e. The number of hydrogen-bond donors (Lipinski definition) is 4. The number of nitrogens with one attached hydrogen (secondary N) is 4. The SMILES string of the molecule is C=S(=O)(NCC)c1cccc(-c2cnc(-c3cccc(-c4ncc(-c5cccc(SNCC)c5)[nH]4)c3)[nH]2)c1. The van der Waals surface area contributed by atoms with E-state index < -0.39 is 9.71 Å². The molecule has 0 saturated heterocycles. The van der Waals surface area contributed by atoms with Gasteiger partial charge in [0.15, 0.2) is 0 Å². The molecule has 5 aromatic rings. The molecule has 0 radical (unpaired) electrons. The van der Waals surface area contributed by atoms with Crippen molar-refractivity contribution in [1.82, 2.24) is 29.4 Å². The zero-order valence-electron chi connectivity index (χ0n) is 21.3. The molecule has 0 fully saturated rings. The van der Waals surface area contributed by atoms with Gasteiger partial charge >= 0.3 is 0 Å². The van der Waals surface area contributed by atoms with Crippen molar-refractivity contribution in [2.75, 3.05) is 13.1 Å². The van der Waals surface area contributed by atoms with E-state index in [1.54, 1.807) is 18.1 Å². The van der Waals surface area contributed by atoms with E-state index in [1.165, 1.54) is 0 Å². The molecule has 4 N–H and O–H groups in total. The van der Waals surface area contributed by atoms with E-state index in [1.807, 2.05) is 55.6 Å². The third-order valence-corrected chi connectivity index (χ3v) is 8.64. The Morgan fingerprint density at radius 2 is 1.37 bits per heavy atom. The second-order valence-corrected chi connectivity index (χ2v) is 11.8. The van der Waals surface area contributed by atoms with Gasteiger partial charge in [0.2, 0.25) is 0 Å². The fourth-order valence-electron chi connectivity index (χ4n) is 4.11. The number of imidazole rings is 2. The smallest absolute Gasteiger partial charge is 0.137 e. The van der Waals surface area contributed by atoms with Crippen LogP contribution in [-0.2, 0) is 9.71 Å². The maximum Gasteiger partial charge on any atom is 0.137 e. The summed E-state index contributed by atoms with van der Waals surface area (Å²) in [5, 5.41) is 0. The van der Waals surface area contributed by atoms with Gasteiger partial charge < -0.3 is 9.97 Å². The van der Waals surface area contributed by atoms with Crippen LogP contribution in [0.2, 0.25) is 0 Å². The summed E-state index contributed by atoms with van der Waals surface area (Å²) >= 11 is 1.62. The summed E-state index contributed by atoms with van der Waals surface area (Å²) in [6, 6.07) is 24.0. The third-order valence-electron chi connectivity index (χ3n) is 5.94. The largest absolute Gasteiger partial charge is 0.338 e. The lowest BCUT2D eigenvalue weighted by Gasteiger charge is -2.10. The van der Waals surface area contributed by atoms with Gasteiger partial charge in [0, 0.05) is 45.1 Å². The molecule has 0 aliphatic heterocycles. The van der Waals surface area contributed by atoms with Crippen molar-refractivity contribution in [3.8, 4) is 45.3 Å². The Labute approximate surface area is 227 Å². The highest BCUT2D eigenvalue weighted by Crippen LogP contribution is 2.29. The molecule has 0 amide bonds. The van der Waals surface area contributed by atoms with Crippen LogP contribution in [0.3, 0.4) is 0 Å². The van der Waals surface area contributed by atoms with Crippen molar-refractivity contribution in [3.63, 3.8) is 0 Å². The molecule has 0 saturated carbocycles. The van der Waals surface area contributed by atoms with Gasteiger partial charge in [0.25, 0.3) is 0 Å². The normalized spacial score (nSPS) is 12.9. The van der Waals surface area contributed by atoms with Crippen molar-refractivity contribution >= 4 is 27.5 Å². The molecule has 3 aromatic carbocycles. The molecule has 1 atom stereocenters. The minimum atomic E-state index is -2.55. The van der Waals surface area contributed by atoms with Crippen molar-refractivity contribution in [1.29, 1.82) is 0 Å². The lowest BCUT2D eigenvalue weighted by molar-refractivity contribution is 0.672. The van der Waals surface area contributed by atoms with E-state index in [0.29, 0.717) is 11.4 Å². The van der Waals surface area contributed by atoms with Gasteiger partial charge in [-0.05, 0) is 48.2 Å². The van der Waals surface area contributed by atoms with Crippen LogP contribution in [-0.4, -0.2) is 43.1 Å². The zero-order valence-corrected chi connectivity index (χ0v) is 23.0. The third kappa shape index (κ3) is 5.76. The second kappa shape index (κ2) is 11.4. The maximum absolute atomic E-state index is 12.9. The lowest BCUT2D eigenvalue weighted by atomic mass is 10.1. The number of nitrogens with zero attached hydrogens (tertiary/aromatic N) is 2. The van der Waals surface area contributed by atoms with Crippen LogP contribution < -0.4 is 9.44 Å². The zero-order chi connectivity index (χ0) is 26.5. The fraction of sp³-hybridized carbons (Fsp3) is 0.138. The predicted octanol–water partition coefficient (Wildman–Crippen LogP) is 6.02. The van der Waals surface area contributed by atoms with Crippen molar-refractivity contribution in [3.05, 3.63) is 85.2 Å². The standard InChI is InChI=1S/C29H30N6OS2/c1-4-32-37-24-13-7-9-20(16-24)26-18-30-28(34-26)22-11-6-12-23(15-22)29-31-19-27(35-29)21-10-8-14-25(17-21)38(3,36)33-5-2/h6-19,32H,3-5H2,1-2H3,(H,30,34)(H,31,35)(H,33,36). The molecule has 0 bridgehead atoms. The number of aromatic amines is 2. The molecule has 0 aliphatic carbocycles. The molecule has 194 valence electrons. The average Bonchev–Trinajstić information content (AvgIpc) is 3.63. The van der Waals surface area contributed by atoms with Crippen molar-refractivity contribution in [2.45, 2.75) is 23.6 Å². The van der Waals surface area contributed by atoms with Gasteiger partial charge in [0.05, 0.1) is 33.5 Å². The highest BCUT2D eigenvalue weighted by atomic mass is 32.2. The molecule has 1 unspecified atom stereocenters. The Hall–Kier alpha value is -3.63. The quantitative estimate of drug-likeness (QED) is 0.128. The van der Waals surface area contributed by atoms with Gasteiger partial charge in [-0.1, -0.05) is 56.3 Å². The Morgan fingerprint density at radius 1 is 0.789 bits per heavy atom. The second-order valence-electron chi connectivity index (χ2n) is 8.70. The first-order valence-electron chi connectivity index (χ1n) is 12.4. The Morgan fingerprint density at radius 3 is 2.00 bits per heavy atom. The molecule has 0 aliphatic rings. The summed E-state index contributed by atoms with van der Waals surface area (Å²) in [6.45, 7) is 5.48. The molecule has 38 heavy (non-hydrogen) atoms. The first kappa shape index (κ1) is 26.0. The summed E-state index contributed by atoms with van der Waals surface area (Å²) in [5.74, 6) is 5.41. The Kier molecular flexibility index (Phi) is 7.80. The van der Waals surface area contributed by atoms with Gasteiger partial charge in [-0.25, -0.2) is 18.9 Å². The summed E-state index contributed by atoms with van der Waals surface area (Å²) < 4.78 is 19.1. The van der Waals surface area contributed by atoms with Crippen LogP contribution in [0.4, 0.5) is 0 Å². The van der Waals surface area contributed by atoms with Crippen LogP contribution in [0.15, 0.2) is 95.0 Å². The van der Waals surface area contributed by atoms with E-state index in [0.717, 1.165) is 56.7 Å². The number of aromatic nitrogens is 4. The molecule has 5 rings (SSSR count). The topological polar surface area (TPSA) is 98.5 Å². The van der Waals surface area contributed by atoms with Crippen LogP contribution in [0.5, 0.6) is 0 Å². The van der Waals surface area contributed by atoms with Crippen LogP contribution in [0, 0.1) is 0 Å². The van der Waals surface area contributed by atoms with E-state index in [2.05, 4.69) is 72.5 Å². The minimum absolute atomic E-state index is 0.580. The van der Waals surface area contributed by atoms with E-state index in [-0.39, 0.29) is 0 Å². The maximum atomic E-state index is 12.9. The monoisotopic (exact) mass is 542 g/mol. The summed E-state index contributed by atoms with van der Waals surface area (Å²) in [7, 11) is -2.55. The molecule has 0 spiro atoms. The first-order chi connectivity index (χ1) is 18.5.